The second-order valence-corrected chi connectivity index (χ2v) is 6.85. The number of anilines is 1. The summed E-state index contributed by atoms with van der Waals surface area (Å²) in [6, 6.07) is 21.5. The van der Waals surface area contributed by atoms with E-state index >= 15 is 0 Å². The summed E-state index contributed by atoms with van der Waals surface area (Å²) >= 11 is 0. The molecule has 1 amide bonds. The summed E-state index contributed by atoms with van der Waals surface area (Å²) in [6.07, 6.45) is 0. The number of amides is 1. The number of quaternary nitrogens is 1. The van der Waals surface area contributed by atoms with E-state index in [2.05, 4.69) is 17.4 Å². The monoisotopic (exact) mass is 375 g/mol. The maximum absolute atomic E-state index is 12.7. The fraction of sp³-hybridized carbons (Fsp3) is 0.174. The van der Waals surface area contributed by atoms with Crippen LogP contribution in [-0.2, 0) is 11.3 Å². The minimum absolute atomic E-state index is 0.0790. The smallest absolute Gasteiger partial charge is 0.282 e. The molecule has 0 spiro atoms. The van der Waals surface area contributed by atoms with Gasteiger partial charge in [0.1, 0.15) is 23.5 Å². The molecule has 0 saturated carbocycles. The van der Waals surface area contributed by atoms with Gasteiger partial charge in [-0.25, -0.2) is 0 Å². The molecule has 142 valence electrons. The number of benzene rings is 3. The second kappa shape index (κ2) is 7.74. The molecule has 0 bridgehead atoms. The molecular formula is C23H23N2O3+. The van der Waals surface area contributed by atoms with Gasteiger partial charge in [-0.05, 0) is 19.1 Å². The molecule has 0 unspecified atom stereocenters. The Morgan fingerprint density at radius 3 is 2.57 bits per heavy atom. The fourth-order valence-corrected chi connectivity index (χ4v) is 3.30. The van der Waals surface area contributed by atoms with Gasteiger partial charge in [-0.2, -0.15) is 0 Å². The van der Waals surface area contributed by atoms with E-state index in [1.165, 1.54) is 5.56 Å². The molecule has 3 aromatic carbocycles. The van der Waals surface area contributed by atoms with Crippen molar-refractivity contribution in [2.45, 2.75) is 19.5 Å². The largest absolute Gasteiger partial charge is 0.495 e. The molecule has 0 radical (unpaired) electrons. The molecule has 28 heavy (non-hydrogen) atoms. The maximum atomic E-state index is 12.7. The van der Waals surface area contributed by atoms with E-state index in [0.29, 0.717) is 11.4 Å². The highest BCUT2D eigenvalue weighted by atomic mass is 16.5. The molecule has 0 aliphatic rings. The van der Waals surface area contributed by atoms with Gasteiger partial charge in [-0.1, -0.05) is 48.5 Å². The number of para-hydroxylation sites is 1. The molecule has 0 fully saturated rings. The van der Waals surface area contributed by atoms with Gasteiger partial charge in [0, 0.05) is 22.4 Å². The maximum Gasteiger partial charge on any atom is 0.282 e. The van der Waals surface area contributed by atoms with Crippen LogP contribution in [0.3, 0.4) is 0 Å². The molecule has 5 heteroatoms. The lowest BCUT2D eigenvalue weighted by Crippen LogP contribution is -2.90. The van der Waals surface area contributed by atoms with E-state index in [9.17, 15) is 4.79 Å². The molecule has 5 nitrogen and oxygen atoms in total. The van der Waals surface area contributed by atoms with E-state index in [1.807, 2.05) is 66.8 Å². The Kier molecular flexibility index (Phi) is 5.00. The Hall–Kier alpha value is -3.31. The Balaban J connectivity index is 1.54. The van der Waals surface area contributed by atoms with Crippen molar-refractivity contribution < 1.29 is 19.3 Å². The first-order chi connectivity index (χ1) is 13.7. The number of hydrogen-bond donors (Lipinski definition) is 2. The van der Waals surface area contributed by atoms with E-state index in [4.69, 9.17) is 9.15 Å². The van der Waals surface area contributed by atoms with Gasteiger partial charge >= 0.3 is 0 Å². The average molecular weight is 375 g/mol. The second-order valence-electron chi connectivity index (χ2n) is 6.85. The van der Waals surface area contributed by atoms with Crippen molar-refractivity contribution in [3.8, 4) is 5.75 Å². The molecule has 4 rings (SSSR count). The first kappa shape index (κ1) is 18.1. The third kappa shape index (κ3) is 3.57. The number of fused-ring (bicyclic) bond motifs is 3. The van der Waals surface area contributed by atoms with Gasteiger partial charge in [-0.3, -0.25) is 4.79 Å². The summed E-state index contributed by atoms with van der Waals surface area (Å²) in [7, 11) is 1.60. The van der Waals surface area contributed by atoms with Crippen LogP contribution in [-0.4, -0.2) is 19.1 Å². The van der Waals surface area contributed by atoms with Crippen molar-refractivity contribution in [2.75, 3.05) is 12.4 Å². The lowest BCUT2D eigenvalue weighted by Gasteiger charge is -2.14. The van der Waals surface area contributed by atoms with Crippen molar-refractivity contribution in [3.63, 3.8) is 0 Å². The first-order valence-electron chi connectivity index (χ1n) is 9.33. The molecule has 4 aromatic rings. The molecule has 0 aliphatic heterocycles. The van der Waals surface area contributed by atoms with Gasteiger partial charge in [0.2, 0.25) is 0 Å². The zero-order valence-electron chi connectivity index (χ0n) is 15.9. The number of rotatable bonds is 6. The number of methoxy groups -OCH3 is 1. The quantitative estimate of drug-likeness (QED) is 0.540. The lowest BCUT2D eigenvalue weighted by molar-refractivity contribution is -0.688. The Morgan fingerprint density at radius 2 is 1.79 bits per heavy atom. The normalized spacial score (nSPS) is 12.2. The minimum Gasteiger partial charge on any atom is -0.495 e. The first-order valence-corrected chi connectivity index (χ1v) is 9.33. The molecule has 1 atom stereocenters. The molecular weight excluding hydrogens is 352 g/mol. The van der Waals surface area contributed by atoms with Crippen LogP contribution >= 0.6 is 0 Å². The standard InChI is InChI=1S/C23H22N2O3/c1-15(24-14-16-8-4-3-5-9-16)23(26)25-19-13-21-18(12-22(19)27-2)17-10-6-7-11-20(17)28-21/h3-13,15,24H,14H2,1-2H3,(H,25,26)/p+1/t15-/m1/s1. The van der Waals surface area contributed by atoms with Crippen LogP contribution in [0, 0.1) is 0 Å². The third-order valence-electron chi connectivity index (χ3n) is 4.92. The number of carbonyl (C=O) groups is 1. The van der Waals surface area contributed by atoms with Crippen molar-refractivity contribution in [1.29, 1.82) is 0 Å². The number of carbonyl (C=O) groups excluding carboxylic acids is 1. The fourth-order valence-electron chi connectivity index (χ4n) is 3.30. The van der Waals surface area contributed by atoms with E-state index in [0.717, 1.165) is 28.5 Å². The predicted octanol–water partition coefficient (Wildman–Crippen LogP) is 3.69. The van der Waals surface area contributed by atoms with Crippen LogP contribution in [0.15, 0.2) is 71.1 Å². The molecule has 1 aromatic heterocycles. The van der Waals surface area contributed by atoms with Gasteiger partial charge in [-0.15, -0.1) is 0 Å². The molecule has 0 saturated heterocycles. The van der Waals surface area contributed by atoms with Crippen LogP contribution in [0.2, 0.25) is 0 Å². The molecule has 1 heterocycles. The molecule has 3 N–H and O–H groups in total. The van der Waals surface area contributed by atoms with Gasteiger partial charge < -0.3 is 19.8 Å². The van der Waals surface area contributed by atoms with Crippen LogP contribution in [0.1, 0.15) is 12.5 Å². The predicted molar refractivity (Wildman–Crippen MR) is 110 cm³/mol. The van der Waals surface area contributed by atoms with Gasteiger partial charge in [0.25, 0.3) is 5.91 Å². The number of nitrogens with one attached hydrogen (secondary N) is 1. The highest BCUT2D eigenvalue weighted by Crippen LogP contribution is 2.36. The summed E-state index contributed by atoms with van der Waals surface area (Å²) in [5.74, 6) is 0.535. The van der Waals surface area contributed by atoms with Crippen LogP contribution < -0.4 is 15.4 Å². The van der Waals surface area contributed by atoms with Crippen LogP contribution in [0.25, 0.3) is 21.9 Å². The van der Waals surface area contributed by atoms with Crippen molar-refractivity contribution in [2.24, 2.45) is 0 Å². The number of furan rings is 1. The SMILES string of the molecule is COc1cc2c(cc1NC(=O)[C@@H](C)[NH2+]Cc1ccccc1)oc1ccccc12. The summed E-state index contributed by atoms with van der Waals surface area (Å²) < 4.78 is 11.4. The van der Waals surface area contributed by atoms with Gasteiger partial charge in [0.05, 0.1) is 12.8 Å². The van der Waals surface area contributed by atoms with E-state index in [-0.39, 0.29) is 11.9 Å². The Bertz CT molecular complexity index is 1120. The van der Waals surface area contributed by atoms with Crippen molar-refractivity contribution in [3.05, 3.63) is 72.3 Å². The highest BCUT2D eigenvalue weighted by molar-refractivity contribution is 6.08. The summed E-state index contributed by atoms with van der Waals surface area (Å²) in [4.78, 5) is 12.7. The number of nitrogens with two attached hydrogens (primary N) is 1. The zero-order chi connectivity index (χ0) is 19.5. The van der Waals surface area contributed by atoms with Crippen LogP contribution in [0.5, 0.6) is 5.75 Å². The molecule has 0 aliphatic carbocycles. The lowest BCUT2D eigenvalue weighted by atomic mass is 10.1. The topological polar surface area (TPSA) is 68.1 Å². The summed E-state index contributed by atoms with van der Waals surface area (Å²) in [5, 5.41) is 6.98. The van der Waals surface area contributed by atoms with E-state index in [1.54, 1.807) is 7.11 Å². The third-order valence-corrected chi connectivity index (χ3v) is 4.92. The highest BCUT2D eigenvalue weighted by Gasteiger charge is 2.19. The van der Waals surface area contributed by atoms with Crippen molar-refractivity contribution >= 4 is 33.5 Å². The zero-order valence-corrected chi connectivity index (χ0v) is 15.9. The minimum atomic E-state index is -0.240. The Morgan fingerprint density at radius 1 is 1.04 bits per heavy atom. The summed E-state index contributed by atoms with van der Waals surface area (Å²) in [5.41, 5.74) is 3.33. The number of ether oxygens (including phenoxy) is 1. The van der Waals surface area contributed by atoms with Crippen LogP contribution in [0.4, 0.5) is 5.69 Å². The van der Waals surface area contributed by atoms with Crippen molar-refractivity contribution in [1.82, 2.24) is 0 Å². The van der Waals surface area contributed by atoms with Gasteiger partial charge in [0.15, 0.2) is 6.04 Å². The average Bonchev–Trinajstić information content (AvgIpc) is 3.09. The summed E-state index contributed by atoms with van der Waals surface area (Å²) in [6.45, 7) is 2.64. The van der Waals surface area contributed by atoms with E-state index < -0.39 is 0 Å². The Labute approximate surface area is 163 Å². The number of hydrogen-bond acceptors (Lipinski definition) is 3.